The maximum absolute atomic E-state index is 12.4. The van der Waals surface area contributed by atoms with Crippen LogP contribution in [-0.2, 0) is 11.3 Å². The van der Waals surface area contributed by atoms with Crippen molar-refractivity contribution in [2.24, 2.45) is 11.8 Å². The number of nitrogens with one attached hydrogen (secondary N) is 3. The van der Waals surface area contributed by atoms with E-state index in [1.54, 1.807) is 4.90 Å². The first-order valence-corrected chi connectivity index (χ1v) is 10.1. The van der Waals surface area contributed by atoms with E-state index < -0.39 is 0 Å². The zero-order valence-electron chi connectivity index (χ0n) is 15.9. The van der Waals surface area contributed by atoms with Crippen molar-refractivity contribution in [2.45, 2.75) is 45.7 Å². The molecule has 138 valence electrons. The van der Waals surface area contributed by atoms with E-state index in [0.29, 0.717) is 12.6 Å². The standard InChI is InChI=1S/C21H33N3O/c1-17-12-18(2)14-24(13-17)16-21(25)22-20-8-10-23(11-9-20)15-19-6-4-3-5-7-19/h3-7,17-18,20H,8-16H2,1-2H3,(H,22,25)/p+2/t17-,18+. The van der Waals surface area contributed by atoms with Crippen LogP contribution in [0.4, 0.5) is 0 Å². The Bertz CT molecular complexity index is 529. The first kappa shape index (κ1) is 18.4. The van der Waals surface area contributed by atoms with Gasteiger partial charge < -0.3 is 15.1 Å². The third-order valence-electron chi connectivity index (χ3n) is 5.84. The second kappa shape index (κ2) is 8.81. The second-order valence-electron chi connectivity index (χ2n) is 8.54. The van der Waals surface area contributed by atoms with Gasteiger partial charge in [0, 0.05) is 36.3 Å². The van der Waals surface area contributed by atoms with Crippen molar-refractivity contribution in [2.75, 3.05) is 32.7 Å². The second-order valence-corrected chi connectivity index (χ2v) is 8.54. The molecular formula is C21H35N3O+2. The van der Waals surface area contributed by atoms with E-state index in [2.05, 4.69) is 49.5 Å². The molecule has 3 N–H and O–H groups in total. The summed E-state index contributed by atoms with van der Waals surface area (Å²) < 4.78 is 0. The van der Waals surface area contributed by atoms with Gasteiger partial charge in [0.05, 0.1) is 26.2 Å². The van der Waals surface area contributed by atoms with E-state index in [0.717, 1.165) is 57.4 Å². The average Bonchev–Trinajstić information content (AvgIpc) is 2.56. The normalized spacial score (nSPS) is 33.0. The Kier molecular flexibility index (Phi) is 6.49. The van der Waals surface area contributed by atoms with E-state index >= 15 is 0 Å². The van der Waals surface area contributed by atoms with Crippen molar-refractivity contribution in [1.29, 1.82) is 0 Å². The number of carbonyl (C=O) groups excluding carboxylic acids is 1. The predicted molar refractivity (Wildman–Crippen MR) is 101 cm³/mol. The molecule has 0 radical (unpaired) electrons. The maximum Gasteiger partial charge on any atom is 0.275 e. The molecule has 3 rings (SSSR count). The molecule has 2 heterocycles. The fourth-order valence-electron chi connectivity index (χ4n) is 4.80. The number of likely N-dealkylation sites (tertiary alicyclic amines) is 2. The Morgan fingerprint density at radius 2 is 1.68 bits per heavy atom. The lowest BCUT2D eigenvalue weighted by Gasteiger charge is -2.33. The van der Waals surface area contributed by atoms with Crippen LogP contribution >= 0.6 is 0 Å². The van der Waals surface area contributed by atoms with Crippen LogP contribution in [-0.4, -0.2) is 44.7 Å². The Morgan fingerprint density at radius 1 is 1.04 bits per heavy atom. The summed E-state index contributed by atoms with van der Waals surface area (Å²) in [6.07, 6.45) is 3.53. The van der Waals surface area contributed by atoms with Gasteiger partial charge in [0.1, 0.15) is 6.54 Å². The minimum atomic E-state index is 0.257. The molecule has 2 aliphatic rings. The molecule has 0 spiro atoms. The van der Waals surface area contributed by atoms with Crippen LogP contribution < -0.4 is 15.1 Å². The smallest absolute Gasteiger partial charge is 0.275 e. The lowest BCUT2D eigenvalue weighted by Crippen LogP contribution is -3.15. The van der Waals surface area contributed by atoms with Crippen molar-refractivity contribution < 1.29 is 14.6 Å². The van der Waals surface area contributed by atoms with Gasteiger partial charge in [-0.25, -0.2) is 0 Å². The van der Waals surface area contributed by atoms with Gasteiger partial charge in [-0.15, -0.1) is 0 Å². The van der Waals surface area contributed by atoms with Gasteiger partial charge in [0.2, 0.25) is 0 Å². The molecule has 2 saturated heterocycles. The fourth-order valence-corrected chi connectivity index (χ4v) is 4.80. The number of hydrogen-bond donors (Lipinski definition) is 3. The molecule has 1 amide bonds. The summed E-state index contributed by atoms with van der Waals surface area (Å²) in [5, 5.41) is 3.31. The molecule has 1 unspecified atom stereocenters. The third kappa shape index (κ3) is 5.82. The Labute approximate surface area is 152 Å². The van der Waals surface area contributed by atoms with Crippen LogP contribution in [0.1, 0.15) is 38.7 Å². The highest BCUT2D eigenvalue weighted by atomic mass is 16.2. The summed E-state index contributed by atoms with van der Waals surface area (Å²) in [5.41, 5.74) is 1.41. The lowest BCUT2D eigenvalue weighted by molar-refractivity contribution is -0.918. The molecule has 3 atom stereocenters. The number of amides is 1. The zero-order valence-corrected chi connectivity index (χ0v) is 15.9. The molecule has 0 bridgehead atoms. The summed E-state index contributed by atoms with van der Waals surface area (Å²) >= 11 is 0. The SMILES string of the molecule is C[C@@H]1C[C@H](C)C[NH+](CC(=O)NC2CC[NH+](Cc3ccccc3)CC2)C1. The predicted octanol–water partition coefficient (Wildman–Crippen LogP) is -0.0891. The van der Waals surface area contributed by atoms with E-state index in [4.69, 9.17) is 0 Å². The van der Waals surface area contributed by atoms with Crippen LogP contribution in [0.15, 0.2) is 30.3 Å². The van der Waals surface area contributed by atoms with Gasteiger partial charge in [0.15, 0.2) is 6.54 Å². The van der Waals surface area contributed by atoms with E-state index in [1.165, 1.54) is 16.9 Å². The first-order valence-electron chi connectivity index (χ1n) is 10.1. The monoisotopic (exact) mass is 345 g/mol. The van der Waals surface area contributed by atoms with E-state index in [1.807, 2.05) is 0 Å². The Hall–Kier alpha value is -1.39. The van der Waals surface area contributed by atoms with Crippen molar-refractivity contribution in [3.05, 3.63) is 35.9 Å². The first-order chi connectivity index (χ1) is 12.1. The van der Waals surface area contributed by atoms with Gasteiger partial charge in [-0.1, -0.05) is 44.2 Å². The average molecular weight is 346 g/mol. The van der Waals surface area contributed by atoms with Crippen LogP contribution in [0.3, 0.4) is 0 Å². The summed E-state index contributed by atoms with van der Waals surface area (Å²) in [6.45, 7) is 11.0. The summed E-state index contributed by atoms with van der Waals surface area (Å²) in [5.74, 6) is 1.75. The van der Waals surface area contributed by atoms with Gasteiger partial charge in [-0.2, -0.15) is 0 Å². The number of carbonyl (C=O) groups is 1. The number of benzene rings is 1. The number of piperidine rings is 2. The molecule has 25 heavy (non-hydrogen) atoms. The molecule has 1 aromatic carbocycles. The molecule has 1 aromatic rings. The van der Waals surface area contributed by atoms with Gasteiger partial charge in [-0.3, -0.25) is 4.79 Å². The quantitative estimate of drug-likeness (QED) is 0.686. The minimum absolute atomic E-state index is 0.257. The molecule has 0 aromatic heterocycles. The summed E-state index contributed by atoms with van der Waals surface area (Å²) in [7, 11) is 0. The number of hydrogen-bond acceptors (Lipinski definition) is 1. The summed E-state index contributed by atoms with van der Waals surface area (Å²) in [6, 6.07) is 11.1. The molecular weight excluding hydrogens is 310 g/mol. The molecule has 0 aliphatic carbocycles. The van der Waals surface area contributed by atoms with Crippen LogP contribution in [0.5, 0.6) is 0 Å². The van der Waals surface area contributed by atoms with Crippen molar-refractivity contribution >= 4 is 5.91 Å². The van der Waals surface area contributed by atoms with E-state index in [9.17, 15) is 4.79 Å². The Balaban J connectivity index is 1.37. The van der Waals surface area contributed by atoms with Crippen molar-refractivity contribution in [3.8, 4) is 0 Å². The van der Waals surface area contributed by atoms with Gasteiger partial charge in [-0.05, 0) is 6.42 Å². The zero-order chi connectivity index (χ0) is 17.6. The van der Waals surface area contributed by atoms with Crippen LogP contribution in [0.2, 0.25) is 0 Å². The molecule has 4 heteroatoms. The van der Waals surface area contributed by atoms with E-state index in [-0.39, 0.29) is 5.91 Å². The van der Waals surface area contributed by atoms with Crippen LogP contribution in [0.25, 0.3) is 0 Å². The maximum atomic E-state index is 12.4. The lowest BCUT2D eigenvalue weighted by atomic mass is 9.92. The minimum Gasteiger partial charge on any atom is -0.348 e. The largest absolute Gasteiger partial charge is 0.348 e. The molecule has 4 nitrogen and oxygen atoms in total. The highest BCUT2D eigenvalue weighted by Crippen LogP contribution is 2.11. The van der Waals surface area contributed by atoms with Gasteiger partial charge >= 0.3 is 0 Å². The highest BCUT2D eigenvalue weighted by molar-refractivity contribution is 5.77. The fraction of sp³-hybridized carbons (Fsp3) is 0.667. The third-order valence-corrected chi connectivity index (χ3v) is 5.84. The topological polar surface area (TPSA) is 38.0 Å². The highest BCUT2D eigenvalue weighted by Gasteiger charge is 2.28. The molecule has 0 saturated carbocycles. The van der Waals surface area contributed by atoms with Crippen molar-refractivity contribution in [1.82, 2.24) is 5.32 Å². The van der Waals surface area contributed by atoms with Gasteiger partial charge in [0.25, 0.3) is 5.91 Å². The van der Waals surface area contributed by atoms with Crippen LogP contribution in [0, 0.1) is 11.8 Å². The number of rotatable bonds is 5. The molecule has 2 aliphatic heterocycles. The molecule has 2 fully saturated rings. The number of quaternary nitrogens is 2. The summed E-state index contributed by atoms with van der Waals surface area (Å²) in [4.78, 5) is 15.5. The van der Waals surface area contributed by atoms with Crippen molar-refractivity contribution in [3.63, 3.8) is 0 Å². The Morgan fingerprint density at radius 3 is 2.32 bits per heavy atom.